The normalized spacial score (nSPS) is 14.9. The Kier molecular flexibility index (Phi) is 14.6. The number of para-hydroxylation sites is 1. The van der Waals surface area contributed by atoms with Crippen LogP contribution in [0.1, 0.15) is 115 Å². The standard InChI is InChI=1S/C40H66O5/c1-31(2)44-32(3)38(8,9)40(12,13)43-28-26-36(4,5)39(10,11)45-35(30-41-34-24-18-15-19-25-34)29-37(6,7)42-27-20-23-33-21-16-14-17-22-33/h14-19,21-22,24-25,31-32,35H,20,23,26-30H2,1-13H3. The van der Waals surface area contributed by atoms with Gasteiger partial charge in [-0.3, -0.25) is 0 Å². The summed E-state index contributed by atoms with van der Waals surface area (Å²) in [5.74, 6) is 0.846. The molecule has 0 aliphatic rings. The van der Waals surface area contributed by atoms with Crippen molar-refractivity contribution in [1.82, 2.24) is 0 Å². The van der Waals surface area contributed by atoms with E-state index in [-0.39, 0.29) is 40.3 Å². The van der Waals surface area contributed by atoms with E-state index in [9.17, 15) is 0 Å². The molecule has 0 aliphatic carbocycles. The van der Waals surface area contributed by atoms with Gasteiger partial charge in [-0.25, -0.2) is 0 Å². The average molecular weight is 627 g/mol. The molecule has 2 aromatic carbocycles. The fourth-order valence-electron chi connectivity index (χ4n) is 5.41. The van der Waals surface area contributed by atoms with E-state index < -0.39 is 5.60 Å². The first-order valence-corrected chi connectivity index (χ1v) is 17.1. The van der Waals surface area contributed by atoms with Gasteiger partial charge in [0.25, 0.3) is 0 Å². The molecule has 2 atom stereocenters. The highest BCUT2D eigenvalue weighted by Gasteiger charge is 2.45. The smallest absolute Gasteiger partial charge is 0.119 e. The summed E-state index contributed by atoms with van der Waals surface area (Å²) in [6, 6.07) is 20.6. The first kappa shape index (κ1) is 39.3. The molecule has 5 heteroatoms. The Labute approximate surface area is 276 Å². The Morgan fingerprint density at radius 2 is 1.24 bits per heavy atom. The van der Waals surface area contributed by atoms with Crippen molar-refractivity contribution in [3.63, 3.8) is 0 Å². The molecule has 0 radical (unpaired) electrons. The lowest BCUT2D eigenvalue weighted by atomic mass is 9.72. The first-order chi connectivity index (χ1) is 20.8. The molecule has 2 unspecified atom stereocenters. The molecule has 0 aromatic heterocycles. The predicted molar refractivity (Wildman–Crippen MR) is 188 cm³/mol. The van der Waals surface area contributed by atoms with Crippen LogP contribution in [0, 0.1) is 10.8 Å². The minimum Gasteiger partial charge on any atom is -0.491 e. The molecule has 0 N–H and O–H groups in total. The molecule has 0 spiro atoms. The molecule has 0 fully saturated rings. The van der Waals surface area contributed by atoms with Gasteiger partial charge < -0.3 is 23.7 Å². The summed E-state index contributed by atoms with van der Waals surface area (Å²) in [5.41, 5.74) is -0.169. The zero-order valence-corrected chi connectivity index (χ0v) is 31.0. The van der Waals surface area contributed by atoms with Gasteiger partial charge in [0.05, 0.1) is 35.1 Å². The molecular formula is C40H66O5. The predicted octanol–water partition coefficient (Wildman–Crippen LogP) is 10.1. The fraction of sp³-hybridized carbons (Fsp3) is 0.700. The largest absolute Gasteiger partial charge is 0.491 e. The van der Waals surface area contributed by atoms with Crippen molar-refractivity contribution in [2.24, 2.45) is 10.8 Å². The second-order valence-electron chi connectivity index (χ2n) is 15.8. The fourth-order valence-corrected chi connectivity index (χ4v) is 5.41. The SMILES string of the molecule is CC(C)OC(C)C(C)(C)C(C)(C)OCCC(C)(C)C(C)(C)OC(COc1ccccc1)CC(C)(C)OCCCc1ccccc1. The molecule has 45 heavy (non-hydrogen) atoms. The van der Waals surface area contributed by atoms with Crippen LogP contribution in [0.3, 0.4) is 0 Å². The molecule has 0 saturated heterocycles. The van der Waals surface area contributed by atoms with Crippen LogP contribution in [-0.4, -0.2) is 54.9 Å². The van der Waals surface area contributed by atoms with E-state index in [2.05, 4.69) is 120 Å². The third kappa shape index (κ3) is 12.7. The van der Waals surface area contributed by atoms with E-state index in [1.54, 1.807) is 0 Å². The van der Waals surface area contributed by atoms with E-state index in [0.29, 0.717) is 19.8 Å². The maximum absolute atomic E-state index is 6.99. The van der Waals surface area contributed by atoms with Crippen LogP contribution in [0.15, 0.2) is 60.7 Å². The zero-order chi connectivity index (χ0) is 33.9. The van der Waals surface area contributed by atoms with Crippen LogP contribution in [0.4, 0.5) is 0 Å². The van der Waals surface area contributed by atoms with Gasteiger partial charge in [0.1, 0.15) is 12.4 Å². The molecule has 2 aromatic rings. The van der Waals surface area contributed by atoms with Gasteiger partial charge in [0.2, 0.25) is 0 Å². The maximum atomic E-state index is 6.99. The summed E-state index contributed by atoms with van der Waals surface area (Å²) < 4.78 is 32.5. The van der Waals surface area contributed by atoms with Crippen molar-refractivity contribution >= 4 is 0 Å². The summed E-state index contributed by atoms with van der Waals surface area (Å²) in [6.07, 6.45) is 3.64. The third-order valence-corrected chi connectivity index (χ3v) is 10.2. The molecule has 0 saturated carbocycles. The Morgan fingerprint density at radius 1 is 0.667 bits per heavy atom. The summed E-state index contributed by atoms with van der Waals surface area (Å²) >= 11 is 0. The van der Waals surface area contributed by atoms with Crippen molar-refractivity contribution in [2.45, 2.75) is 151 Å². The van der Waals surface area contributed by atoms with Crippen LogP contribution < -0.4 is 4.74 Å². The van der Waals surface area contributed by atoms with Gasteiger partial charge in [-0.2, -0.15) is 0 Å². The quantitative estimate of drug-likeness (QED) is 0.129. The molecular weight excluding hydrogens is 560 g/mol. The highest BCUT2D eigenvalue weighted by Crippen LogP contribution is 2.42. The molecule has 5 nitrogen and oxygen atoms in total. The van der Waals surface area contributed by atoms with E-state index in [1.165, 1.54) is 5.56 Å². The Bertz CT molecular complexity index is 1090. The summed E-state index contributed by atoms with van der Waals surface area (Å²) in [4.78, 5) is 0. The molecule has 0 heterocycles. The summed E-state index contributed by atoms with van der Waals surface area (Å²) in [7, 11) is 0. The van der Waals surface area contributed by atoms with Crippen molar-refractivity contribution in [3.05, 3.63) is 66.2 Å². The van der Waals surface area contributed by atoms with Gasteiger partial charge >= 0.3 is 0 Å². The molecule has 2 rings (SSSR count). The number of ether oxygens (including phenoxy) is 5. The van der Waals surface area contributed by atoms with Gasteiger partial charge in [-0.1, -0.05) is 76.2 Å². The number of hydrogen-bond acceptors (Lipinski definition) is 5. The van der Waals surface area contributed by atoms with Gasteiger partial charge in [0, 0.05) is 25.0 Å². The monoisotopic (exact) mass is 626 g/mol. The molecule has 0 bridgehead atoms. The summed E-state index contributed by atoms with van der Waals surface area (Å²) in [6.45, 7) is 30.2. The van der Waals surface area contributed by atoms with Crippen molar-refractivity contribution < 1.29 is 23.7 Å². The lowest BCUT2D eigenvalue weighted by molar-refractivity contribution is -0.186. The average Bonchev–Trinajstić information content (AvgIpc) is 2.94. The number of hydrogen-bond donors (Lipinski definition) is 0. The van der Waals surface area contributed by atoms with Gasteiger partial charge in [-0.05, 0) is 105 Å². The number of benzene rings is 2. The molecule has 0 amide bonds. The Balaban J connectivity index is 2.06. The second-order valence-corrected chi connectivity index (χ2v) is 15.8. The molecule has 0 aliphatic heterocycles. The highest BCUT2D eigenvalue weighted by molar-refractivity contribution is 5.21. The number of aryl methyl sites for hydroxylation is 1. The maximum Gasteiger partial charge on any atom is 0.119 e. The third-order valence-electron chi connectivity index (χ3n) is 10.2. The Hall–Kier alpha value is -1.92. The number of rotatable bonds is 21. The van der Waals surface area contributed by atoms with Crippen molar-refractivity contribution in [2.75, 3.05) is 19.8 Å². The van der Waals surface area contributed by atoms with Crippen molar-refractivity contribution in [3.8, 4) is 5.75 Å². The van der Waals surface area contributed by atoms with Gasteiger partial charge in [-0.15, -0.1) is 0 Å². The van der Waals surface area contributed by atoms with Gasteiger partial charge in [0.15, 0.2) is 0 Å². The van der Waals surface area contributed by atoms with Crippen LogP contribution in [-0.2, 0) is 25.4 Å². The van der Waals surface area contributed by atoms with Crippen molar-refractivity contribution in [1.29, 1.82) is 0 Å². The molecule has 256 valence electrons. The minimum atomic E-state index is -0.446. The topological polar surface area (TPSA) is 46.2 Å². The van der Waals surface area contributed by atoms with Crippen LogP contribution in [0.2, 0.25) is 0 Å². The lowest BCUT2D eigenvalue weighted by Gasteiger charge is -2.47. The van der Waals surface area contributed by atoms with E-state index in [1.807, 2.05) is 30.3 Å². The van der Waals surface area contributed by atoms with E-state index in [4.69, 9.17) is 23.7 Å². The summed E-state index contributed by atoms with van der Waals surface area (Å²) in [5, 5.41) is 0. The van der Waals surface area contributed by atoms with E-state index >= 15 is 0 Å². The first-order valence-electron chi connectivity index (χ1n) is 17.1. The zero-order valence-electron chi connectivity index (χ0n) is 31.0. The minimum absolute atomic E-state index is 0.0644. The highest BCUT2D eigenvalue weighted by atomic mass is 16.6. The van der Waals surface area contributed by atoms with E-state index in [0.717, 1.165) is 31.4 Å². The lowest BCUT2D eigenvalue weighted by Crippen LogP contribution is -2.51. The second kappa shape index (κ2) is 16.8. The Morgan fingerprint density at radius 3 is 1.82 bits per heavy atom. The van der Waals surface area contributed by atoms with Crippen LogP contribution in [0.5, 0.6) is 5.75 Å². The van der Waals surface area contributed by atoms with Crippen LogP contribution >= 0.6 is 0 Å². The van der Waals surface area contributed by atoms with Crippen LogP contribution in [0.25, 0.3) is 0 Å².